The van der Waals surface area contributed by atoms with Gasteiger partial charge in [0.1, 0.15) is 0 Å². The van der Waals surface area contributed by atoms with Crippen molar-refractivity contribution in [3.63, 3.8) is 0 Å². The number of amides is 2. The number of hydrogen-bond donors (Lipinski definition) is 0. The van der Waals surface area contributed by atoms with E-state index in [0.717, 1.165) is 19.3 Å². The number of carbonyl (C=O) groups is 2. The Bertz CT molecular complexity index is 1030. The Morgan fingerprint density at radius 2 is 1.56 bits per heavy atom. The van der Waals surface area contributed by atoms with Crippen LogP contribution in [0.25, 0.3) is 0 Å². The molecule has 1 aliphatic heterocycles. The molecule has 0 N–H and O–H groups in total. The van der Waals surface area contributed by atoms with Gasteiger partial charge in [-0.3, -0.25) is 9.59 Å². The highest BCUT2D eigenvalue weighted by Gasteiger charge is 2.30. The van der Waals surface area contributed by atoms with E-state index in [4.69, 9.17) is 0 Å². The number of piperidine rings is 1. The third-order valence-electron chi connectivity index (χ3n) is 5.99. The molecule has 1 saturated heterocycles. The zero-order chi connectivity index (χ0) is 23.3. The molecule has 7 heteroatoms. The van der Waals surface area contributed by atoms with Crippen LogP contribution < -0.4 is 0 Å². The maximum atomic E-state index is 13.3. The number of benzene rings is 2. The van der Waals surface area contributed by atoms with Crippen molar-refractivity contribution in [2.24, 2.45) is 0 Å². The highest BCUT2D eigenvalue weighted by molar-refractivity contribution is 7.92. The van der Waals surface area contributed by atoms with Gasteiger partial charge in [0.15, 0.2) is 9.84 Å². The molecule has 0 radical (unpaired) electrons. The summed E-state index contributed by atoms with van der Waals surface area (Å²) < 4.78 is 24.7. The van der Waals surface area contributed by atoms with E-state index in [9.17, 15) is 18.0 Å². The van der Waals surface area contributed by atoms with E-state index < -0.39 is 15.1 Å². The topological polar surface area (TPSA) is 74.8 Å². The Balaban J connectivity index is 1.69. The molecule has 0 saturated carbocycles. The molecule has 0 spiro atoms. The van der Waals surface area contributed by atoms with Crippen molar-refractivity contribution in [1.29, 1.82) is 0 Å². The van der Waals surface area contributed by atoms with Crippen molar-refractivity contribution in [3.05, 3.63) is 65.7 Å². The minimum atomic E-state index is -3.37. The molecule has 2 aromatic rings. The van der Waals surface area contributed by atoms with Crippen LogP contribution in [0.15, 0.2) is 59.5 Å². The highest BCUT2D eigenvalue weighted by atomic mass is 32.2. The quantitative estimate of drug-likeness (QED) is 0.631. The number of likely N-dealkylation sites (tertiary alicyclic amines) is 1. The van der Waals surface area contributed by atoms with E-state index in [1.54, 1.807) is 26.0 Å². The summed E-state index contributed by atoms with van der Waals surface area (Å²) in [5, 5.41) is -0.510. The molecule has 1 heterocycles. The second kappa shape index (κ2) is 10.3. The van der Waals surface area contributed by atoms with Crippen LogP contribution in [-0.4, -0.2) is 61.0 Å². The minimum Gasteiger partial charge on any atom is -0.338 e. The van der Waals surface area contributed by atoms with Gasteiger partial charge in [-0.2, -0.15) is 0 Å². The lowest BCUT2D eigenvalue weighted by Crippen LogP contribution is -2.49. The van der Waals surface area contributed by atoms with Crippen molar-refractivity contribution in [1.82, 2.24) is 9.80 Å². The van der Waals surface area contributed by atoms with Crippen LogP contribution in [0.4, 0.5) is 0 Å². The molecule has 2 amide bonds. The lowest BCUT2D eigenvalue weighted by Gasteiger charge is -2.38. The van der Waals surface area contributed by atoms with E-state index in [1.165, 1.54) is 12.1 Å². The zero-order valence-corrected chi connectivity index (χ0v) is 19.8. The molecule has 0 aromatic heterocycles. The van der Waals surface area contributed by atoms with Gasteiger partial charge in [-0.25, -0.2) is 8.42 Å². The van der Waals surface area contributed by atoms with Crippen molar-refractivity contribution >= 4 is 21.7 Å². The first-order valence-corrected chi connectivity index (χ1v) is 12.8. The molecule has 0 unspecified atom stereocenters. The molecule has 6 nitrogen and oxygen atoms in total. The van der Waals surface area contributed by atoms with Crippen LogP contribution >= 0.6 is 0 Å². The Morgan fingerprint density at radius 3 is 2.09 bits per heavy atom. The first-order chi connectivity index (χ1) is 15.3. The van der Waals surface area contributed by atoms with E-state index in [2.05, 4.69) is 0 Å². The molecule has 0 bridgehead atoms. The Kier molecular flexibility index (Phi) is 7.72. The van der Waals surface area contributed by atoms with Crippen LogP contribution in [0.1, 0.15) is 60.7 Å². The van der Waals surface area contributed by atoms with Crippen molar-refractivity contribution in [2.45, 2.75) is 56.2 Å². The summed E-state index contributed by atoms with van der Waals surface area (Å²) in [5.74, 6) is -0.0625. The predicted molar refractivity (Wildman–Crippen MR) is 125 cm³/mol. The number of rotatable bonds is 7. The largest absolute Gasteiger partial charge is 0.338 e. The van der Waals surface area contributed by atoms with Crippen LogP contribution in [0.5, 0.6) is 0 Å². The third-order valence-corrected chi connectivity index (χ3v) is 8.16. The summed E-state index contributed by atoms with van der Waals surface area (Å²) >= 11 is 0. The molecular formula is C25H32N2O4S. The van der Waals surface area contributed by atoms with Crippen LogP contribution in [-0.2, 0) is 9.84 Å². The monoisotopic (exact) mass is 456 g/mol. The molecular weight excluding hydrogens is 424 g/mol. The number of hydrogen-bond acceptors (Lipinski definition) is 4. The van der Waals surface area contributed by atoms with Crippen molar-refractivity contribution in [2.75, 3.05) is 19.6 Å². The van der Waals surface area contributed by atoms with Crippen molar-refractivity contribution < 1.29 is 18.0 Å². The number of sulfone groups is 1. The van der Waals surface area contributed by atoms with Gasteiger partial charge >= 0.3 is 0 Å². The first kappa shape index (κ1) is 24.0. The fourth-order valence-electron chi connectivity index (χ4n) is 4.06. The molecule has 3 rings (SSSR count). The minimum absolute atomic E-state index is 0.0272. The van der Waals surface area contributed by atoms with Gasteiger partial charge in [0.25, 0.3) is 11.8 Å². The van der Waals surface area contributed by atoms with E-state index in [-0.39, 0.29) is 22.8 Å². The van der Waals surface area contributed by atoms with Gasteiger partial charge in [-0.1, -0.05) is 25.1 Å². The fourth-order valence-corrected chi connectivity index (χ4v) is 5.12. The maximum Gasteiger partial charge on any atom is 0.254 e. The van der Waals surface area contributed by atoms with Gasteiger partial charge in [-0.05, 0) is 69.5 Å². The number of nitrogens with zero attached hydrogens (tertiary/aromatic N) is 2. The summed E-state index contributed by atoms with van der Waals surface area (Å²) in [6, 6.07) is 15.6. The van der Waals surface area contributed by atoms with Crippen LogP contribution in [0.3, 0.4) is 0 Å². The summed E-state index contributed by atoms with van der Waals surface area (Å²) in [5.41, 5.74) is 1.17. The lowest BCUT2D eigenvalue weighted by molar-refractivity contribution is 0.0519. The van der Waals surface area contributed by atoms with Crippen LogP contribution in [0, 0.1) is 0 Å². The molecule has 1 fully saturated rings. The van der Waals surface area contributed by atoms with Gasteiger partial charge in [0, 0.05) is 36.8 Å². The third kappa shape index (κ3) is 5.21. The smallest absolute Gasteiger partial charge is 0.254 e. The molecule has 1 aliphatic rings. The summed E-state index contributed by atoms with van der Waals surface area (Å²) in [7, 11) is -3.37. The highest BCUT2D eigenvalue weighted by Crippen LogP contribution is 2.22. The molecule has 32 heavy (non-hydrogen) atoms. The Labute approximate surface area is 191 Å². The van der Waals surface area contributed by atoms with Gasteiger partial charge < -0.3 is 9.80 Å². The molecule has 172 valence electrons. The normalized spacial score (nSPS) is 15.1. The molecule has 0 aliphatic carbocycles. The van der Waals surface area contributed by atoms with E-state index in [0.29, 0.717) is 30.8 Å². The maximum absolute atomic E-state index is 13.3. The van der Waals surface area contributed by atoms with Gasteiger partial charge in [0.05, 0.1) is 10.1 Å². The molecule has 0 atom stereocenters. The fraction of sp³-hybridized carbons (Fsp3) is 0.440. The van der Waals surface area contributed by atoms with Gasteiger partial charge in [-0.15, -0.1) is 0 Å². The SMILES string of the molecule is CCCN(C(=O)c1ccc(S(=O)(=O)C(C)C)cc1)C1CCN(C(=O)c2ccccc2)CC1. The standard InChI is InChI=1S/C25H32N2O4S/c1-4-16-27(25(29)21-10-12-23(13-11-21)32(30,31)19(2)3)22-14-17-26(18-15-22)24(28)20-8-6-5-7-9-20/h5-13,19,22H,4,14-18H2,1-3H3. The second-order valence-electron chi connectivity index (χ2n) is 8.51. The summed E-state index contributed by atoms with van der Waals surface area (Å²) in [6.45, 7) is 7.17. The second-order valence-corrected chi connectivity index (χ2v) is 11.0. The zero-order valence-electron chi connectivity index (χ0n) is 19.0. The van der Waals surface area contributed by atoms with E-state index >= 15 is 0 Å². The van der Waals surface area contributed by atoms with E-state index in [1.807, 2.05) is 47.1 Å². The lowest BCUT2D eigenvalue weighted by atomic mass is 10.0. The average Bonchev–Trinajstić information content (AvgIpc) is 2.82. The summed E-state index contributed by atoms with van der Waals surface area (Å²) in [6.07, 6.45) is 2.28. The Morgan fingerprint density at radius 1 is 0.969 bits per heavy atom. The van der Waals surface area contributed by atoms with Gasteiger partial charge in [0.2, 0.25) is 0 Å². The Hall–Kier alpha value is -2.67. The molecule has 2 aromatic carbocycles. The predicted octanol–water partition coefficient (Wildman–Crippen LogP) is 4.03. The number of carbonyl (C=O) groups excluding carboxylic acids is 2. The average molecular weight is 457 g/mol. The first-order valence-electron chi connectivity index (χ1n) is 11.2. The van der Waals surface area contributed by atoms with Crippen molar-refractivity contribution in [3.8, 4) is 0 Å². The summed E-state index contributed by atoms with van der Waals surface area (Å²) in [4.78, 5) is 29.9. The van der Waals surface area contributed by atoms with Crippen LogP contribution in [0.2, 0.25) is 0 Å².